The summed E-state index contributed by atoms with van der Waals surface area (Å²) < 4.78 is 13.2. The molecular weight excluding hydrogens is 390 g/mol. The first-order valence-corrected chi connectivity index (χ1v) is 12.6. The largest absolute Gasteiger partial charge is 0.467 e. The summed E-state index contributed by atoms with van der Waals surface area (Å²) in [5, 5.41) is 2.16. The quantitative estimate of drug-likeness (QED) is 0.387. The van der Waals surface area contributed by atoms with Gasteiger partial charge in [0.25, 0.3) is 8.32 Å². The zero-order chi connectivity index (χ0) is 22.2. The van der Waals surface area contributed by atoms with Crippen molar-refractivity contribution < 1.29 is 18.4 Å². The van der Waals surface area contributed by atoms with E-state index in [1.165, 1.54) is 17.5 Å². The molecule has 1 unspecified atom stereocenters. The summed E-state index contributed by atoms with van der Waals surface area (Å²) in [6.45, 7) is 6.71. The Morgan fingerprint density at radius 2 is 1.37 bits per heavy atom. The number of ether oxygens (including phenoxy) is 1. The Morgan fingerprint density at radius 3 is 1.67 bits per heavy atom. The second-order valence-electron chi connectivity index (χ2n) is 10.3. The van der Waals surface area contributed by atoms with Gasteiger partial charge in [0.05, 0.1) is 28.3 Å². The van der Waals surface area contributed by atoms with Crippen LogP contribution in [0, 0.1) is 0 Å². The molecular formula is C25H36NO3Si+. The zero-order valence-corrected chi connectivity index (χ0v) is 20.4. The monoisotopic (exact) mass is 426 g/mol. The molecule has 0 N–H and O–H groups in total. The van der Waals surface area contributed by atoms with Gasteiger partial charge in [-0.3, -0.25) is 0 Å². The lowest BCUT2D eigenvalue weighted by Crippen LogP contribution is -2.71. The highest BCUT2D eigenvalue weighted by molar-refractivity contribution is 6.99. The minimum Gasteiger partial charge on any atom is -0.467 e. The SMILES string of the molecule is COC(=O)C(O[Si](c1ccccc1)(c1ccccc1)C(C)(C)C)C1([N+](C)(C)C)CC1. The van der Waals surface area contributed by atoms with Gasteiger partial charge in [0.2, 0.25) is 0 Å². The molecule has 1 aliphatic carbocycles. The number of rotatable bonds is 7. The Morgan fingerprint density at radius 1 is 0.933 bits per heavy atom. The number of likely N-dealkylation sites (N-methyl/N-ethyl adjacent to an activating group) is 1. The Bertz CT molecular complexity index is 825. The van der Waals surface area contributed by atoms with Crippen molar-refractivity contribution in [2.24, 2.45) is 0 Å². The number of esters is 1. The van der Waals surface area contributed by atoms with E-state index in [-0.39, 0.29) is 16.5 Å². The van der Waals surface area contributed by atoms with Crippen molar-refractivity contribution in [2.75, 3.05) is 28.3 Å². The maximum Gasteiger partial charge on any atom is 0.340 e. The van der Waals surface area contributed by atoms with Gasteiger partial charge in [-0.15, -0.1) is 0 Å². The van der Waals surface area contributed by atoms with E-state index in [0.29, 0.717) is 4.48 Å². The third-order valence-electron chi connectivity index (χ3n) is 6.71. The van der Waals surface area contributed by atoms with Crippen molar-refractivity contribution in [1.29, 1.82) is 0 Å². The summed E-state index contributed by atoms with van der Waals surface area (Å²) in [4.78, 5) is 13.2. The third-order valence-corrected chi connectivity index (χ3v) is 11.7. The van der Waals surface area contributed by atoms with Crippen LogP contribution >= 0.6 is 0 Å². The fraction of sp³-hybridized carbons (Fsp3) is 0.480. The number of carbonyl (C=O) groups excluding carboxylic acids is 1. The van der Waals surface area contributed by atoms with E-state index < -0.39 is 14.4 Å². The average molecular weight is 427 g/mol. The molecule has 2 aromatic carbocycles. The molecule has 0 amide bonds. The molecule has 5 heteroatoms. The molecule has 162 valence electrons. The Labute approximate surface area is 182 Å². The lowest BCUT2D eigenvalue weighted by Gasteiger charge is -2.47. The van der Waals surface area contributed by atoms with Crippen LogP contribution in [0.25, 0.3) is 0 Å². The van der Waals surface area contributed by atoms with Gasteiger partial charge in [0.1, 0.15) is 5.54 Å². The molecule has 1 fully saturated rings. The van der Waals surface area contributed by atoms with Crippen LogP contribution in [0.3, 0.4) is 0 Å². The highest BCUT2D eigenvalue weighted by Gasteiger charge is 2.66. The lowest BCUT2D eigenvalue weighted by molar-refractivity contribution is -0.910. The molecule has 0 spiro atoms. The van der Waals surface area contributed by atoms with Crippen LogP contribution in [-0.4, -0.2) is 58.7 Å². The van der Waals surface area contributed by atoms with E-state index in [9.17, 15) is 4.79 Å². The number of methoxy groups -OCH3 is 1. The van der Waals surface area contributed by atoms with Gasteiger partial charge in [0.15, 0.2) is 6.10 Å². The van der Waals surface area contributed by atoms with E-state index in [2.05, 4.69) is 90.4 Å². The van der Waals surface area contributed by atoms with Crippen LogP contribution in [0.5, 0.6) is 0 Å². The standard InChI is InChI=1S/C25H36NO3Si/c1-24(2,3)30(20-14-10-8-11-15-20,21-16-12-9-13-17-21)29-22(23(27)28-7)25(18-19-25)26(4,5)6/h8-17,22H,18-19H2,1-7H3/q+1. The first-order valence-electron chi connectivity index (χ1n) is 10.7. The van der Waals surface area contributed by atoms with Crippen LogP contribution in [0.2, 0.25) is 5.04 Å². The van der Waals surface area contributed by atoms with Crippen molar-refractivity contribution in [3.05, 3.63) is 60.7 Å². The maximum absolute atomic E-state index is 13.2. The molecule has 1 atom stereocenters. The maximum atomic E-state index is 13.2. The fourth-order valence-electron chi connectivity index (χ4n) is 4.77. The fourth-order valence-corrected chi connectivity index (χ4v) is 9.45. The van der Waals surface area contributed by atoms with Gasteiger partial charge in [-0.05, 0) is 15.4 Å². The van der Waals surface area contributed by atoms with E-state index in [1.54, 1.807) is 0 Å². The Kier molecular flexibility index (Phi) is 6.02. The second-order valence-corrected chi connectivity index (χ2v) is 14.6. The smallest absolute Gasteiger partial charge is 0.340 e. The molecule has 0 radical (unpaired) electrons. The molecule has 0 heterocycles. The van der Waals surface area contributed by atoms with Crippen molar-refractivity contribution in [3.63, 3.8) is 0 Å². The van der Waals surface area contributed by atoms with Crippen molar-refractivity contribution in [3.8, 4) is 0 Å². The summed E-state index contributed by atoms with van der Waals surface area (Å²) in [5.74, 6) is -0.270. The summed E-state index contributed by atoms with van der Waals surface area (Å²) in [6, 6.07) is 20.9. The second kappa shape index (κ2) is 7.95. The first kappa shape index (κ1) is 22.7. The van der Waals surface area contributed by atoms with Crippen molar-refractivity contribution >= 4 is 24.7 Å². The van der Waals surface area contributed by atoms with Crippen LogP contribution < -0.4 is 10.4 Å². The van der Waals surface area contributed by atoms with Crippen LogP contribution in [-0.2, 0) is 14.0 Å². The molecule has 30 heavy (non-hydrogen) atoms. The van der Waals surface area contributed by atoms with Gasteiger partial charge in [-0.2, -0.15) is 0 Å². The van der Waals surface area contributed by atoms with Gasteiger partial charge >= 0.3 is 5.97 Å². The summed E-state index contributed by atoms with van der Waals surface area (Å²) >= 11 is 0. The summed E-state index contributed by atoms with van der Waals surface area (Å²) in [6.07, 6.45) is 1.29. The van der Waals surface area contributed by atoms with Crippen molar-refractivity contribution in [2.45, 2.75) is 50.3 Å². The third kappa shape index (κ3) is 3.75. The normalized spacial score (nSPS) is 17.3. The molecule has 0 aromatic heterocycles. The number of quaternary nitrogens is 1. The first-order chi connectivity index (χ1) is 14.0. The van der Waals surface area contributed by atoms with E-state index in [0.717, 1.165) is 12.8 Å². The minimum absolute atomic E-state index is 0.192. The number of carbonyl (C=O) groups is 1. The van der Waals surface area contributed by atoms with Crippen LogP contribution in [0.15, 0.2) is 60.7 Å². The van der Waals surface area contributed by atoms with Gasteiger partial charge in [0, 0.05) is 12.8 Å². The highest BCUT2D eigenvalue weighted by Crippen LogP contribution is 2.50. The average Bonchev–Trinajstić information content (AvgIpc) is 3.51. The minimum atomic E-state index is -2.85. The predicted octanol–water partition coefficient (Wildman–Crippen LogP) is 3.34. The molecule has 2 aromatic rings. The molecule has 0 bridgehead atoms. The molecule has 1 saturated carbocycles. The van der Waals surface area contributed by atoms with Gasteiger partial charge < -0.3 is 13.6 Å². The summed E-state index contributed by atoms with van der Waals surface area (Å²) in [7, 11) is 5.07. The van der Waals surface area contributed by atoms with Gasteiger partial charge in [-0.25, -0.2) is 4.79 Å². The lowest BCUT2D eigenvalue weighted by atomic mass is 10.1. The molecule has 1 aliphatic rings. The van der Waals surface area contributed by atoms with Crippen LogP contribution in [0.4, 0.5) is 0 Å². The summed E-state index contributed by atoms with van der Waals surface area (Å²) in [5.41, 5.74) is -0.264. The Hall–Kier alpha value is -1.95. The molecule has 4 nitrogen and oxygen atoms in total. The molecule has 0 saturated heterocycles. The topological polar surface area (TPSA) is 35.5 Å². The highest BCUT2D eigenvalue weighted by atomic mass is 28.4. The predicted molar refractivity (Wildman–Crippen MR) is 125 cm³/mol. The van der Waals surface area contributed by atoms with E-state index >= 15 is 0 Å². The molecule has 3 rings (SSSR count). The van der Waals surface area contributed by atoms with Crippen LogP contribution in [0.1, 0.15) is 33.6 Å². The van der Waals surface area contributed by atoms with E-state index in [1.807, 2.05) is 12.1 Å². The molecule has 0 aliphatic heterocycles. The van der Waals surface area contributed by atoms with Crippen molar-refractivity contribution in [1.82, 2.24) is 0 Å². The number of hydrogen-bond donors (Lipinski definition) is 0. The Balaban J connectivity index is 2.25. The number of hydrogen-bond acceptors (Lipinski definition) is 3. The zero-order valence-electron chi connectivity index (χ0n) is 19.4. The van der Waals surface area contributed by atoms with Gasteiger partial charge in [-0.1, -0.05) is 81.4 Å². The number of nitrogens with zero attached hydrogens (tertiary/aromatic N) is 1. The van der Waals surface area contributed by atoms with E-state index in [4.69, 9.17) is 9.16 Å². The number of benzene rings is 2.